The number of hydrazine groups is 1. The Kier molecular flexibility index (Phi) is 5.07. The highest BCUT2D eigenvalue weighted by Crippen LogP contribution is 2.49. The Morgan fingerprint density at radius 3 is 2.17 bits per heavy atom. The fourth-order valence-corrected chi connectivity index (χ4v) is 4.19. The predicted octanol–water partition coefficient (Wildman–Crippen LogP) is 4.98. The summed E-state index contributed by atoms with van der Waals surface area (Å²) in [7, 11) is 0. The van der Waals surface area contributed by atoms with Crippen molar-refractivity contribution in [3.05, 3.63) is 71.8 Å². The summed E-state index contributed by atoms with van der Waals surface area (Å²) in [6.07, 6.45) is 2.29. The van der Waals surface area contributed by atoms with Crippen molar-refractivity contribution in [1.29, 1.82) is 0 Å². The topological polar surface area (TPSA) is 15.3 Å². The van der Waals surface area contributed by atoms with Gasteiger partial charge in [-0.25, -0.2) is 5.01 Å². The fraction of sp³-hybridized carbons (Fsp3) is 0.455. The van der Waals surface area contributed by atoms with E-state index in [0.717, 1.165) is 6.42 Å². The molecule has 0 unspecified atom stereocenters. The van der Waals surface area contributed by atoms with Gasteiger partial charge in [-0.1, -0.05) is 74.5 Å². The van der Waals surface area contributed by atoms with Crippen molar-refractivity contribution in [3.8, 4) is 0 Å². The summed E-state index contributed by atoms with van der Waals surface area (Å²) in [5.41, 5.74) is 6.82. The van der Waals surface area contributed by atoms with Crippen LogP contribution in [-0.2, 0) is 6.42 Å². The van der Waals surface area contributed by atoms with E-state index in [1.165, 1.54) is 17.5 Å². The average molecular weight is 322 g/mol. The summed E-state index contributed by atoms with van der Waals surface area (Å²) in [6, 6.07) is 23.2. The van der Waals surface area contributed by atoms with Gasteiger partial charge in [0, 0.05) is 12.1 Å². The Bertz CT molecular complexity index is 634. The third-order valence-corrected chi connectivity index (χ3v) is 5.01. The second-order valence-electron chi connectivity index (χ2n) is 8.04. The Hall–Kier alpha value is -1.64. The van der Waals surface area contributed by atoms with Crippen LogP contribution in [0.25, 0.3) is 0 Å². The molecule has 1 saturated heterocycles. The van der Waals surface area contributed by atoms with Gasteiger partial charge in [0.2, 0.25) is 0 Å². The molecule has 128 valence electrons. The monoisotopic (exact) mass is 322 g/mol. The molecule has 0 aliphatic carbocycles. The van der Waals surface area contributed by atoms with E-state index in [4.69, 9.17) is 0 Å². The number of hydrogen-bond acceptors (Lipinski definition) is 2. The molecule has 2 heteroatoms. The molecule has 0 bridgehead atoms. The van der Waals surface area contributed by atoms with E-state index in [1.807, 2.05) is 0 Å². The summed E-state index contributed by atoms with van der Waals surface area (Å²) in [5, 5.41) is 2.53. The number of hydrogen-bond donors (Lipinski definition) is 1. The van der Waals surface area contributed by atoms with Gasteiger partial charge in [-0.2, -0.15) is 0 Å². The molecular weight excluding hydrogens is 292 g/mol. The van der Waals surface area contributed by atoms with Crippen molar-refractivity contribution in [3.63, 3.8) is 0 Å². The minimum Gasteiger partial charge on any atom is -0.252 e. The highest BCUT2D eigenvalue weighted by Gasteiger charge is 2.47. The number of nitrogens with one attached hydrogen (secondary N) is 1. The van der Waals surface area contributed by atoms with Gasteiger partial charge in [0.15, 0.2) is 0 Å². The molecule has 1 aliphatic rings. The van der Waals surface area contributed by atoms with E-state index >= 15 is 0 Å². The average Bonchev–Trinajstić information content (AvgIpc) is 2.78. The van der Waals surface area contributed by atoms with Crippen LogP contribution in [0.4, 0.5) is 0 Å². The van der Waals surface area contributed by atoms with E-state index < -0.39 is 0 Å². The maximum atomic E-state index is 3.75. The minimum absolute atomic E-state index is 0.239. The summed E-state index contributed by atoms with van der Waals surface area (Å²) in [4.78, 5) is 0. The summed E-state index contributed by atoms with van der Waals surface area (Å²) >= 11 is 0. The van der Waals surface area contributed by atoms with Crippen LogP contribution in [0.15, 0.2) is 60.7 Å². The van der Waals surface area contributed by atoms with Crippen LogP contribution in [0.5, 0.6) is 0 Å². The first-order chi connectivity index (χ1) is 11.5. The molecule has 0 amide bonds. The van der Waals surface area contributed by atoms with Gasteiger partial charge in [-0.15, -0.1) is 0 Å². The molecule has 0 saturated carbocycles. The van der Waals surface area contributed by atoms with E-state index in [2.05, 4.69) is 98.8 Å². The van der Waals surface area contributed by atoms with Gasteiger partial charge < -0.3 is 0 Å². The molecule has 0 aromatic heterocycles. The van der Waals surface area contributed by atoms with Crippen LogP contribution < -0.4 is 5.43 Å². The predicted molar refractivity (Wildman–Crippen MR) is 102 cm³/mol. The first-order valence-corrected chi connectivity index (χ1v) is 9.11. The molecule has 0 radical (unpaired) electrons. The van der Waals surface area contributed by atoms with Crippen LogP contribution >= 0.6 is 0 Å². The zero-order valence-electron chi connectivity index (χ0n) is 15.4. The molecule has 1 aliphatic heterocycles. The molecule has 1 heterocycles. The highest BCUT2D eigenvalue weighted by atomic mass is 15.6. The molecule has 1 fully saturated rings. The van der Waals surface area contributed by atoms with E-state index in [9.17, 15) is 0 Å². The Labute approximate surface area is 146 Å². The maximum Gasteiger partial charge on any atom is 0.0547 e. The van der Waals surface area contributed by atoms with Gasteiger partial charge in [0.25, 0.3) is 0 Å². The molecule has 0 spiro atoms. The lowest BCUT2D eigenvalue weighted by atomic mass is 9.80. The molecule has 2 aromatic rings. The van der Waals surface area contributed by atoms with Crippen molar-refractivity contribution < 1.29 is 0 Å². The van der Waals surface area contributed by atoms with Crippen LogP contribution in [0, 0.1) is 5.41 Å². The van der Waals surface area contributed by atoms with Gasteiger partial charge in [-0.05, 0) is 43.2 Å². The Morgan fingerprint density at radius 1 is 1.00 bits per heavy atom. The third kappa shape index (κ3) is 3.71. The van der Waals surface area contributed by atoms with Gasteiger partial charge in [-0.3, -0.25) is 5.43 Å². The summed E-state index contributed by atoms with van der Waals surface area (Å²) in [6.45, 7) is 9.27. The highest BCUT2D eigenvalue weighted by molar-refractivity contribution is 5.25. The lowest BCUT2D eigenvalue weighted by Crippen LogP contribution is -2.48. The second-order valence-corrected chi connectivity index (χ2v) is 8.04. The lowest BCUT2D eigenvalue weighted by Gasteiger charge is -2.36. The Balaban J connectivity index is 1.91. The molecular formula is C22H30N2. The Morgan fingerprint density at radius 2 is 1.58 bits per heavy atom. The molecule has 2 nitrogen and oxygen atoms in total. The van der Waals surface area contributed by atoms with Crippen LogP contribution in [0.1, 0.15) is 51.3 Å². The number of nitrogens with zero attached hydrogens (tertiary/aromatic N) is 1. The molecule has 3 rings (SSSR count). The first kappa shape index (κ1) is 17.2. The zero-order valence-corrected chi connectivity index (χ0v) is 15.4. The summed E-state index contributed by atoms with van der Waals surface area (Å²) < 4.78 is 0. The molecule has 2 aromatic carbocycles. The minimum atomic E-state index is 0.239. The SMILES string of the molecule is CC(C)NN1[C@@H](Cc2ccccc2)CC(C)(C)[C@H]1c1ccccc1. The van der Waals surface area contributed by atoms with E-state index in [1.54, 1.807) is 0 Å². The second kappa shape index (κ2) is 7.08. The molecule has 1 N–H and O–H groups in total. The maximum absolute atomic E-state index is 3.75. The smallest absolute Gasteiger partial charge is 0.0547 e. The van der Waals surface area contributed by atoms with Crippen molar-refractivity contribution >= 4 is 0 Å². The standard InChI is InChI=1S/C22H30N2/c1-17(2)23-24-20(15-18-11-7-5-8-12-18)16-22(3,4)21(24)19-13-9-6-10-14-19/h5-14,17,20-21,23H,15-16H2,1-4H3/t20-,21+/m0/s1. The van der Waals surface area contributed by atoms with Crippen molar-refractivity contribution in [2.75, 3.05) is 0 Å². The van der Waals surface area contributed by atoms with E-state index in [0.29, 0.717) is 18.1 Å². The molecule has 2 atom stereocenters. The molecule has 24 heavy (non-hydrogen) atoms. The van der Waals surface area contributed by atoms with Crippen LogP contribution in [0.3, 0.4) is 0 Å². The quantitative estimate of drug-likeness (QED) is 0.835. The van der Waals surface area contributed by atoms with Gasteiger partial charge >= 0.3 is 0 Å². The fourth-order valence-electron chi connectivity index (χ4n) is 4.19. The summed E-state index contributed by atoms with van der Waals surface area (Å²) in [5.74, 6) is 0. The van der Waals surface area contributed by atoms with Crippen molar-refractivity contribution in [2.45, 2.75) is 58.7 Å². The van der Waals surface area contributed by atoms with E-state index in [-0.39, 0.29) is 5.41 Å². The van der Waals surface area contributed by atoms with Crippen LogP contribution in [-0.4, -0.2) is 17.1 Å². The largest absolute Gasteiger partial charge is 0.252 e. The van der Waals surface area contributed by atoms with Crippen molar-refractivity contribution in [1.82, 2.24) is 10.4 Å². The number of benzene rings is 2. The third-order valence-electron chi connectivity index (χ3n) is 5.01. The van der Waals surface area contributed by atoms with Gasteiger partial charge in [0.1, 0.15) is 0 Å². The number of rotatable bonds is 5. The van der Waals surface area contributed by atoms with Crippen molar-refractivity contribution in [2.24, 2.45) is 5.41 Å². The lowest BCUT2D eigenvalue weighted by molar-refractivity contribution is 0.0769. The van der Waals surface area contributed by atoms with Crippen LogP contribution in [0.2, 0.25) is 0 Å². The zero-order chi connectivity index (χ0) is 17.2. The first-order valence-electron chi connectivity index (χ1n) is 9.11. The normalized spacial score (nSPS) is 23.7. The van der Waals surface area contributed by atoms with Gasteiger partial charge in [0.05, 0.1) is 6.04 Å².